The molecule has 1 aliphatic rings. The minimum Gasteiger partial charge on any atom is -0.490 e. The normalized spacial score (nSPS) is 15.3. The zero-order valence-corrected chi connectivity index (χ0v) is 14.5. The van der Waals surface area contributed by atoms with Crippen molar-refractivity contribution in [2.24, 2.45) is 7.05 Å². The average molecular weight is 328 g/mol. The number of aromatic nitrogens is 1. The summed E-state index contributed by atoms with van der Waals surface area (Å²) in [5.74, 6) is 0.762. The van der Waals surface area contributed by atoms with Crippen LogP contribution in [0.25, 0.3) is 0 Å². The molecule has 0 bridgehead atoms. The van der Waals surface area contributed by atoms with E-state index in [1.54, 1.807) is 0 Å². The predicted molar refractivity (Wildman–Crippen MR) is 93.8 cm³/mol. The van der Waals surface area contributed by atoms with E-state index in [1.165, 1.54) is 0 Å². The molecule has 1 amide bonds. The number of benzene rings is 1. The molecule has 0 saturated carbocycles. The highest BCUT2D eigenvalue weighted by molar-refractivity contribution is 6.03. The van der Waals surface area contributed by atoms with Gasteiger partial charge in [-0.25, -0.2) is 0 Å². The van der Waals surface area contributed by atoms with Crippen molar-refractivity contribution < 1.29 is 14.3 Å². The van der Waals surface area contributed by atoms with Gasteiger partial charge in [-0.1, -0.05) is 0 Å². The number of nitrogens with one attached hydrogen (secondary N) is 1. The Morgan fingerprint density at radius 2 is 1.96 bits per heavy atom. The summed E-state index contributed by atoms with van der Waals surface area (Å²) in [5, 5.41) is 2.95. The van der Waals surface area contributed by atoms with Crippen LogP contribution in [-0.2, 0) is 11.8 Å². The Morgan fingerprint density at radius 1 is 1.21 bits per heavy atom. The second-order valence-corrected chi connectivity index (χ2v) is 6.28. The molecule has 2 heterocycles. The van der Waals surface area contributed by atoms with Gasteiger partial charge in [-0.2, -0.15) is 0 Å². The molecule has 2 aromatic rings. The van der Waals surface area contributed by atoms with Gasteiger partial charge in [-0.05, 0) is 49.7 Å². The van der Waals surface area contributed by atoms with Gasteiger partial charge in [0, 0.05) is 31.3 Å². The van der Waals surface area contributed by atoms with Gasteiger partial charge in [0.15, 0.2) is 0 Å². The van der Waals surface area contributed by atoms with E-state index in [0.717, 1.165) is 48.7 Å². The highest BCUT2D eigenvalue weighted by atomic mass is 16.5. The molecule has 0 spiro atoms. The number of carbonyl (C=O) groups excluding carboxylic acids is 1. The maximum absolute atomic E-state index is 12.4. The Balaban J connectivity index is 1.67. The third-order valence-corrected chi connectivity index (χ3v) is 4.50. The molecular weight excluding hydrogens is 304 g/mol. The first-order valence-corrected chi connectivity index (χ1v) is 8.33. The third-order valence-electron chi connectivity index (χ3n) is 4.50. The monoisotopic (exact) mass is 328 g/mol. The Labute approximate surface area is 142 Å². The van der Waals surface area contributed by atoms with Crippen LogP contribution < -0.4 is 10.1 Å². The summed E-state index contributed by atoms with van der Waals surface area (Å²) in [6.07, 6.45) is 2.06. The SMILES string of the molecule is Cc1cc(NC(=O)c2ccc(C)n2C)ccc1OC1CCOCC1. The van der Waals surface area contributed by atoms with E-state index in [4.69, 9.17) is 9.47 Å². The van der Waals surface area contributed by atoms with E-state index in [9.17, 15) is 4.79 Å². The molecule has 1 aromatic carbocycles. The summed E-state index contributed by atoms with van der Waals surface area (Å²) in [5.41, 5.74) is 3.49. The summed E-state index contributed by atoms with van der Waals surface area (Å²) >= 11 is 0. The summed E-state index contributed by atoms with van der Waals surface area (Å²) in [4.78, 5) is 12.4. The van der Waals surface area contributed by atoms with Gasteiger partial charge >= 0.3 is 0 Å². The quantitative estimate of drug-likeness (QED) is 0.935. The fourth-order valence-electron chi connectivity index (χ4n) is 2.87. The molecule has 1 aliphatic heterocycles. The lowest BCUT2D eigenvalue weighted by Crippen LogP contribution is -2.26. The van der Waals surface area contributed by atoms with Crippen LogP contribution in [0.1, 0.15) is 34.6 Å². The van der Waals surface area contributed by atoms with Crippen molar-refractivity contribution in [3.05, 3.63) is 47.3 Å². The molecule has 3 rings (SSSR count). The topological polar surface area (TPSA) is 52.5 Å². The molecular formula is C19H24N2O3. The molecule has 1 saturated heterocycles. The van der Waals surface area contributed by atoms with Crippen molar-refractivity contribution in [3.8, 4) is 5.75 Å². The molecule has 1 aromatic heterocycles. The number of anilines is 1. The first-order chi connectivity index (χ1) is 11.5. The molecule has 5 heteroatoms. The number of hydrogen-bond acceptors (Lipinski definition) is 3. The van der Waals surface area contributed by atoms with Crippen molar-refractivity contribution in [1.82, 2.24) is 4.57 Å². The van der Waals surface area contributed by atoms with E-state index < -0.39 is 0 Å². The molecule has 1 fully saturated rings. The van der Waals surface area contributed by atoms with E-state index in [2.05, 4.69) is 5.32 Å². The molecule has 5 nitrogen and oxygen atoms in total. The number of aryl methyl sites for hydroxylation is 2. The predicted octanol–water partition coefficient (Wildman–Crippen LogP) is 3.45. The van der Waals surface area contributed by atoms with Crippen molar-refractivity contribution in [2.45, 2.75) is 32.8 Å². The van der Waals surface area contributed by atoms with Crippen molar-refractivity contribution in [3.63, 3.8) is 0 Å². The molecule has 0 radical (unpaired) electrons. The zero-order valence-electron chi connectivity index (χ0n) is 14.5. The fourth-order valence-corrected chi connectivity index (χ4v) is 2.87. The zero-order chi connectivity index (χ0) is 17.1. The minimum absolute atomic E-state index is 0.108. The van der Waals surface area contributed by atoms with Gasteiger partial charge in [-0.15, -0.1) is 0 Å². The molecule has 1 N–H and O–H groups in total. The summed E-state index contributed by atoms with van der Waals surface area (Å²) in [6, 6.07) is 9.53. The van der Waals surface area contributed by atoms with Crippen LogP contribution in [0, 0.1) is 13.8 Å². The van der Waals surface area contributed by atoms with Gasteiger partial charge in [0.25, 0.3) is 5.91 Å². The van der Waals surface area contributed by atoms with Crippen molar-refractivity contribution >= 4 is 11.6 Å². The van der Waals surface area contributed by atoms with Gasteiger partial charge in [0.05, 0.1) is 13.2 Å². The maximum Gasteiger partial charge on any atom is 0.272 e. The van der Waals surface area contributed by atoms with Crippen molar-refractivity contribution in [1.29, 1.82) is 0 Å². The molecule has 128 valence electrons. The van der Waals surface area contributed by atoms with Crippen LogP contribution in [0.5, 0.6) is 5.75 Å². The standard InChI is InChI=1S/C19H24N2O3/c1-13-12-15(20-19(22)17-6-4-14(2)21(17)3)5-7-18(13)24-16-8-10-23-11-9-16/h4-7,12,16H,8-11H2,1-3H3,(H,20,22). The number of amides is 1. The van der Waals surface area contributed by atoms with E-state index >= 15 is 0 Å². The second kappa shape index (κ2) is 7.09. The number of hydrogen-bond donors (Lipinski definition) is 1. The van der Waals surface area contributed by atoms with Crippen LogP contribution in [0.4, 0.5) is 5.69 Å². The number of rotatable bonds is 4. The Kier molecular flexibility index (Phi) is 4.90. The lowest BCUT2D eigenvalue weighted by atomic mass is 10.1. The average Bonchev–Trinajstić information content (AvgIpc) is 2.90. The second-order valence-electron chi connectivity index (χ2n) is 6.28. The van der Waals surface area contributed by atoms with E-state index in [0.29, 0.717) is 5.69 Å². The Hall–Kier alpha value is -2.27. The van der Waals surface area contributed by atoms with Crippen LogP contribution in [0.15, 0.2) is 30.3 Å². The molecule has 24 heavy (non-hydrogen) atoms. The fraction of sp³-hybridized carbons (Fsp3) is 0.421. The van der Waals surface area contributed by atoms with Crippen molar-refractivity contribution in [2.75, 3.05) is 18.5 Å². The van der Waals surface area contributed by atoms with Gasteiger partial charge in [-0.3, -0.25) is 4.79 Å². The van der Waals surface area contributed by atoms with Crippen LogP contribution >= 0.6 is 0 Å². The lowest BCUT2D eigenvalue weighted by molar-refractivity contribution is 0.0253. The first-order valence-electron chi connectivity index (χ1n) is 8.33. The van der Waals surface area contributed by atoms with Gasteiger partial charge in [0.2, 0.25) is 0 Å². The molecule has 0 aliphatic carbocycles. The highest BCUT2D eigenvalue weighted by Gasteiger charge is 2.17. The minimum atomic E-state index is -0.108. The number of carbonyl (C=O) groups is 1. The third kappa shape index (κ3) is 3.62. The van der Waals surface area contributed by atoms with E-state index in [-0.39, 0.29) is 12.0 Å². The van der Waals surface area contributed by atoms with Crippen LogP contribution in [0.2, 0.25) is 0 Å². The Bertz CT molecular complexity index is 730. The first kappa shape index (κ1) is 16.6. The maximum atomic E-state index is 12.4. The van der Waals surface area contributed by atoms with Gasteiger partial charge < -0.3 is 19.4 Å². The van der Waals surface area contributed by atoms with Gasteiger partial charge in [0.1, 0.15) is 17.5 Å². The summed E-state index contributed by atoms with van der Waals surface area (Å²) in [7, 11) is 1.89. The largest absolute Gasteiger partial charge is 0.490 e. The summed E-state index contributed by atoms with van der Waals surface area (Å²) < 4.78 is 13.3. The molecule has 0 atom stereocenters. The number of nitrogens with zero attached hydrogens (tertiary/aromatic N) is 1. The number of ether oxygens (including phenoxy) is 2. The highest BCUT2D eigenvalue weighted by Crippen LogP contribution is 2.25. The van der Waals surface area contributed by atoms with Crippen LogP contribution in [0.3, 0.4) is 0 Å². The summed E-state index contributed by atoms with van der Waals surface area (Å²) in [6.45, 7) is 5.49. The Morgan fingerprint density at radius 3 is 2.58 bits per heavy atom. The van der Waals surface area contributed by atoms with E-state index in [1.807, 2.05) is 55.8 Å². The smallest absolute Gasteiger partial charge is 0.272 e. The van der Waals surface area contributed by atoms with Crippen LogP contribution in [-0.4, -0.2) is 29.8 Å². The lowest BCUT2D eigenvalue weighted by Gasteiger charge is -2.24. The molecule has 0 unspecified atom stereocenters.